The zero-order valence-corrected chi connectivity index (χ0v) is 27.6. The largest absolute Gasteiger partial charge is 0.370 e. The molecular formula is C32H27N7S4. The van der Waals surface area contributed by atoms with Gasteiger partial charge in [-0.05, 0) is 54.8 Å². The van der Waals surface area contributed by atoms with Crippen LogP contribution in [0.4, 0.5) is 10.7 Å². The van der Waals surface area contributed by atoms with Gasteiger partial charge in [0.25, 0.3) is 0 Å². The first-order valence-electron chi connectivity index (χ1n) is 13.9. The second-order valence-electron chi connectivity index (χ2n) is 10.4. The zero-order chi connectivity index (χ0) is 29.8. The molecule has 0 unspecified atom stereocenters. The second-order valence-corrected chi connectivity index (χ2v) is 14.2. The molecule has 0 bridgehead atoms. The van der Waals surface area contributed by atoms with Crippen LogP contribution in [-0.4, -0.2) is 39.9 Å². The number of hydrogen-bond donors (Lipinski definition) is 0. The molecule has 0 fully saturated rings. The first kappa shape index (κ1) is 27.9. The summed E-state index contributed by atoms with van der Waals surface area (Å²) in [5, 5.41) is 10.5. The summed E-state index contributed by atoms with van der Waals surface area (Å²) in [4.78, 5) is 17.7. The van der Waals surface area contributed by atoms with Crippen molar-refractivity contribution >= 4 is 87.9 Å². The number of thiophene rings is 3. The van der Waals surface area contributed by atoms with Crippen molar-refractivity contribution in [3.8, 4) is 37.5 Å². The molecule has 7 rings (SSSR count). The molecule has 0 saturated heterocycles. The number of benzene rings is 2. The summed E-state index contributed by atoms with van der Waals surface area (Å²) in [6.07, 6.45) is 3.79. The Morgan fingerprint density at radius 1 is 0.698 bits per heavy atom. The average molecular weight is 638 g/mol. The molecule has 0 amide bonds. The monoisotopic (exact) mass is 637 g/mol. The molecule has 7 aromatic rings. The Hall–Kier alpha value is -3.95. The maximum atomic E-state index is 9.23. The normalized spacial score (nSPS) is 11.5. The van der Waals surface area contributed by atoms with Crippen molar-refractivity contribution in [2.24, 2.45) is 0 Å². The summed E-state index contributed by atoms with van der Waals surface area (Å²) < 4.78 is 12.3. The summed E-state index contributed by atoms with van der Waals surface area (Å²) in [6, 6.07) is 16.9. The van der Waals surface area contributed by atoms with Gasteiger partial charge in [0.1, 0.15) is 22.1 Å². The number of fused-ring (bicyclic) bond motifs is 3. The molecule has 0 aliphatic carbocycles. The first-order valence-corrected chi connectivity index (χ1v) is 17.1. The van der Waals surface area contributed by atoms with Gasteiger partial charge in [-0.25, -0.2) is 9.97 Å². The Balaban J connectivity index is 1.45. The van der Waals surface area contributed by atoms with Gasteiger partial charge in [-0.1, -0.05) is 26.0 Å². The summed E-state index contributed by atoms with van der Waals surface area (Å²) in [5.41, 5.74) is 9.59. The van der Waals surface area contributed by atoms with E-state index in [0.29, 0.717) is 0 Å². The highest BCUT2D eigenvalue weighted by molar-refractivity contribution is 7.31. The van der Waals surface area contributed by atoms with Crippen LogP contribution in [0.3, 0.4) is 0 Å². The predicted molar refractivity (Wildman–Crippen MR) is 185 cm³/mol. The highest BCUT2D eigenvalue weighted by Crippen LogP contribution is 2.48. The number of aromatic nitrogens is 4. The summed E-state index contributed by atoms with van der Waals surface area (Å²) in [7, 11) is 5.92. The quantitative estimate of drug-likeness (QED) is 0.127. The zero-order valence-electron chi connectivity index (χ0n) is 24.3. The Morgan fingerprint density at radius 3 is 1.88 bits per heavy atom. The second kappa shape index (κ2) is 11.0. The smallest absolute Gasteiger partial charge is 0.183 e. The molecule has 0 saturated carbocycles. The fourth-order valence-electron chi connectivity index (χ4n) is 5.33. The minimum atomic E-state index is 0.815. The van der Waals surface area contributed by atoms with Crippen LogP contribution >= 0.6 is 45.7 Å². The van der Waals surface area contributed by atoms with Gasteiger partial charge in [-0.15, -0.1) is 34.0 Å². The molecule has 5 aromatic heterocycles. The highest BCUT2D eigenvalue weighted by atomic mass is 32.1. The molecule has 0 spiro atoms. The van der Waals surface area contributed by atoms with Gasteiger partial charge < -0.3 is 4.90 Å². The van der Waals surface area contributed by atoms with Crippen molar-refractivity contribution in [2.45, 2.75) is 26.7 Å². The van der Waals surface area contributed by atoms with E-state index in [0.717, 1.165) is 83.3 Å². The minimum Gasteiger partial charge on any atom is -0.370 e. The van der Waals surface area contributed by atoms with Crippen molar-refractivity contribution in [1.82, 2.24) is 18.7 Å². The van der Waals surface area contributed by atoms with Crippen molar-refractivity contribution < 1.29 is 0 Å². The Morgan fingerprint density at radius 2 is 1.30 bits per heavy atom. The van der Waals surface area contributed by atoms with Crippen LogP contribution in [0, 0.1) is 11.5 Å². The van der Waals surface area contributed by atoms with Crippen LogP contribution in [0.5, 0.6) is 0 Å². The lowest BCUT2D eigenvalue weighted by molar-refractivity contribution is 0.931. The third kappa shape index (κ3) is 4.66. The van der Waals surface area contributed by atoms with E-state index in [1.54, 1.807) is 46.0 Å². The lowest BCUT2D eigenvalue weighted by atomic mass is 10.0. The third-order valence-corrected chi connectivity index (χ3v) is 11.7. The fourth-order valence-corrected chi connectivity index (χ4v) is 9.31. The number of hydrogen-bond acceptors (Lipinski definition) is 11. The van der Waals surface area contributed by atoms with Gasteiger partial charge in [0.2, 0.25) is 0 Å². The molecule has 0 radical (unpaired) electrons. The van der Waals surface area contributed by atoms with Crippen molar-refractivity contribution in [3.63, 3.8) is 0 Å². The molecule has 0 aliphatic rings. The first-order chi connectivity index (χ1) is 20.9. The Bertz CT molecular complexity index is 2150. The van der Waals surface area contributed by atoms with E-state index >= 15 is 0 Å². The molecule has 0 N–H and O–H groups in total. The number of nitriles is 1. The molecule has 0 aliphatic heterocycles. The van der Waals surface area contributed by atoms with Gasteiger partial charge in [0.05, 0.1) is 33.8 Å². The molecule has 214 valence electrons. The van der Waals surface area contributed by atoms with E-state index in [-0.39, 0.29) is 0 Å². The van der Waals surface area contributed by atoms with Crippen molar-refractivity contribution in [2.75, 3.05) is 30.9 Å². The van der Waals surface area contributed by atoms with E-state index in [2.05, 4.69) is 75.4 Å². The number of anilines is 2. The average Bonchev–Trinajstić information content (AvgIpc) is 3.83. The van der Waals surface area contributed by atoms with Gasteiger partial charge in [-0.3, -0.25) is 4.90 Å². The number of aryl methyl sites for hydroxylation is 2. The predicted octanol–water partition coefficient (Wildman–Crippen LogP) is 9.08. The maximum absolute atomic E-state index is 9.23. The van der Waals surface area contributed by atoms with Crippen LogP contribution in [0.1, 0.15) is 25.2 Å². The fraction of sp³-hybridized carbons (Fsp3) is 0.219. The number of rotatable bonds is 7. The van der Waals surface area contributed by atoms with Gasteiger partial charge in [0.15, 0.2) is 6.19 Å². The van der Waals surface area contributed by atoms with Crippen LogP contribution in [0.2, 0.25) is 0 Å². The van der Waals surface area contributed by atoms with E-state index in [9.17, 15) is 5.26 Å². The van der Waals surface area contributed by atoms with Gasteiger partial charge in [-0.2, -0.15) is 14.0 Å². The molecular weight excluding hydrogens is 611 g/mol. The Kier molecular flexibility index (Phi) is 7.10. The summed E-state index contributed by atoms with van der Waals surface area (Å²) in [5.74, 6) is 0. The van der Waals surface area contributed by atoms with E-state index in [1.807, 2.05) is 12.1 Å². The SMILES string of the molecule is CCc1nc2c(-c3ccc(-c4ccc(N(C)C#N)cc4)s3)c3nsnc3c(-c3cc4sc(N(C)C)cc4s3)c2nc1CC. The topological polar surface area (TPSA) is 81.8 Å². The minimum absolute atomic E-state index is 0.815. The van der Waals surface area contributed by atoms with Crippen LogP contribution < -0.4 is 9.80 Å². The third-order valence-electron chi connectivity index (χ3n) is 7.58. The van der Waals surface area contributed by atoms with Crippen LogP contribution in [-0.2, 0) is 12.8 Å². The molecule has 43 heavy (non-hydrogen) atoms. The van der Waals surface area contributed by atoms with Crippen molar-refractivity contribution in [1.29, 1.82) is 5.26 Å². The van der Waals surface area contributed by atoms with Crippen LogP contribution in [0.15, 0.2) is 48.5 Å². The number of nitrogens with zero attached hydrogens (tertiary/aromatic N) is 7. The molecule has 5 heterocycles. The van der Waals surface area contributed by atoms with E-state index in [4.69, 9.17) is 18.7 Å². The Labute approximate surface area is 265 Å². The molecule has 11 heteroatoms. The van der Waals surface area contributed by atoms with Gasteiger partial charge >= 0.3 is 0 Å². The maximum Gasteiger partial charge on any atom is 0.183 e. The lowest BCUT2D eigenvalue weighted by Gasteiger charge is -2.13. The van der Waals surface area contributed by atoms with Gasteiger partial charge in [0, 0.05) is 56.3 Å². The molecule has 7 nitrogen and oxygen atoms in total. The lowest BCUT2D eigenvalue weighted by Crippen LogP contribution is -2.07. The molecule has 2 aromatic carbocycles. The van der Waals surface area contributed by atoms with Crippen LogP contribution in [0.25, 0.3) is 62.8 Å². The van der Waals surface area contributed by atoms with E-state index < -0.39 is 0 Å². The molecule has 0 atom stereocenters. The highest BCUT2D eigenvalue weighted by Gasteiger charge is 2.25. The summed E-state index contributed by atoms with van der Waals surface area (Å²) >= 11 is 6.55. The summed E-state index contributed by atoms with van der Waals surface area (Å²) in [6.45, 7) is 4.29. The standard InChI is InChI=1S/C32H27N7S4/c1-6-19-20(7-2)35-30-28(25-14-23-24(41-25)15-26(42-23)38(3)4)32-31(36-43-37-32)27(29(30)34-19)22-13-12-21(40-22)17-8-10-18(11-9-17)39(5)16-33/h8-15H,6-7H2,1-5H3. The van der Waals surface area contributed by atoms with E-state index in [1.165, 1.54) is 26.1 Å². The van der Waals surface area contributed by atoms with Crippen molar-refractivity contribution in [3.05, 3.63) is 59.9 Å².